The number of fused-ring (bicyclic) bond motifs is 1. The number of carbonyl (C=O) groups excluding carboxylic acids is 1. The van der Waals surface area contributed by atoms with Gasteiger partial charge in [-0.15, -0.1) is 0 Å². The largest absolute Gasteiger partial charge is 0.497 e. The van der Waals surface area contributed by atoms with Crippen LogP contribution in [0.25, 0.3) is 22.3 Å². The van der Waals surface area contributed by atoms with Crippen molar-refractivity contribution in [2.24, 2.45) is 0 Å². The zero-order valence-electron chi connectivity index (χ0n) is 19.3. The van der Waals surface area contributed by atoms with Crippen molar-refractivity contribution in [1.29, 1.82) is 0 Å². The minimum absolute atomic E-state index is 0.0433. The van der Waals surface area contributed by atoms with Crippen LogP contribution in [0, 0.1) is 0 Å². The second-order valence-electron chi connectivity index (χ2n) is 9.09. The number of amides is 1. The molecular weight excluding hydrogens is 414 g/mol. The normalized spacial score (nSPS) is 11.4. The lowest BCUT2D eigenvalue weighted by molar-refractivity contribution is -0.115. The number of ether oxygens (including phenoxy) is 1. The van der Waals surface area contributed by atoms with Crippen LogP contribution in [0.15, 0.2) is 82.0 Å². The first kappa shape index (κ1) is 22.3. The average Bonchev–Trinajstić information content (AvgIpc) is 2.79. The number of methoxy groups -OCH3 is 1. The van der Waals surface area contributed by atoms with Crippen LogP contribution in [-0.2, 0) is 16.6 Å². The predicted octanol–water partition coefficient (Wildman–Crippen LogP) is 5.95. The summed E-state index contributed by atoms with van der Waals surface area (Å²) in [5.41, 5.74) is 3.84. The van der Waals surface area contributed by atoms with Gasteiger partial charge >= 0.3 is 0 Å². The van der Waals surface area contributed by atoms with E-state index in [1.807, 2.05) is 36.4 Å². The van der Waals surface area contributed by atoms with E-state index in [4.69, 9.17) is 9.15 Å². The monoisotopic (exact) mass is 441 g/mol. The summed E-state index contributed by atoms with van der Waals surface area (Å²) in [6.45, 7) is 6.47. The Balaban J connectivity index is 1.57. The highest BCUT2D eigenvalue weighted by Gasteiger charge is 2.14. The SMILES string of the molecule is COc1ccc(CC(=O)Nc2ccc3c(=O)cc(-c4ccc(C(C)(C)C)cc4)oc3c2)cc1. The van der Waals surface area contributed by atoms with Gasteiger partial charge in [0.1, 0.15) is 17.1 Å². The summed E-state index contributed by atoms with van der Waals surface area (Å²) in [6.07, 6.45) is 0.228. The zero-order valence-corrected chi connectivity index (χ0v) is 19.3. The molecule has 33 heavy (non-hydrogen) atoms. The van der Waals surface area contributed by atoms with Crippen molar-refractivity contribution < 1.29 is 13.9 Å². The number of hydrogen-bond donors (Lipinski definition) is 1. The van der Waals surface area contributed by atoms with E-state index in [0.29, 0.717) is 22.4 Å². The fraction of sp³-hybridized carbons (Fsp3) is 0.214. The van der Waals surface area contributed by atoms with E-state index >= 15 is 0 Å². The van der Waals surface area contributed by atoms with Crippen molar-refractivity contribution >= 4 is 22.6 Å². The number of rotatable bonds is 5. The second-order valence-corrected chi connectivity index (χ2v) is 9.09. The van der Waals surface area contributed by atoms with Gasteiger partial charge in [-0.05, 0) is 40.8 Å². The molecule has 0 saturated carbocycles. The number of nitrogens with one attached hydrogen (secondary N) is 1. The molecule has 5 heteroatoms. The standard InChI is InChI=1S/C28H27NO4/c1-28(2,3)20-9-7-19(8-10-20)25-17-24(30)23-14-11-21(16-26(23)33-25)29-27(31)15-18-5-12-22(32-4)13-6-18/h5-14,16-17H,15H2,1-4H3,(H,29,31). The van der Waals surface area contributed by atoms with Gasteiger partial charge in [0, 0.05) is 23.4 Å². The third-order valence-corrected chi connectivity index (χ3v) is 5.57. The number of benzene rings is 3. The molecule has 168 valence electrons. The highest BCUT2D eigenvalue weighted by Crippen LogP contribution is 2.28. The van der Waals surface area contributed by atoms with E-state index < -0.39 is 0 Å². The van der Waals surface area contributed by atoms with E-state index in [9.17, 15) is 9.59 Å². The van der Waals surface area contributed by atoms with Gasteiger partial charge in [-0.1, -0.05) is 57.2 Å². The smallest absolute Gasteiger partial charge is 0.228 e. The highest BCUT2D eigenvalue weighted by atomic mass is 16.5. The maximum absolute atomic E-state index is 12.7. The summed E-state index contributed by atoms with van der Waals surface area (Å²) >= 11 is 0. The van der Waals surface area contributed by atoms with Crippen molar-refractivity contribution in [1.82, 2.24) is 0 Å². The molecule has 1 heterocycles. The lowest BCUT2D eigenvalue weighted by Crippen LogP contribution is -2.14. The van der Waals surface area contributed by atoms with Crippen LogP contribution < -0.4 is 15.5 Å². The van der Waals surface area contributed by atoms with Crippen molar-refractivity contribution in [2.75, 3.05) is 12.4 Å². The molecule has 0 aliphatic rings. The average molecular weight is 442 g/mol. The fourth-order valence-electron chi connectivity index (χ4n) is 3.64. The molecule has 1 N–H and O–H groups in total. The van der Waals surface area contributed by atoms with E-state index in [0.717, 1.165) is 16.9 Å². The number of carbonyl (C=O) groups is 1. The van der Waals surface area contributed by atoms with E-state index in [-0.39, 0.29) is 23.2 Å². The Morgan fingerprint density at radius 2 is 1.64 bits per heavy atom. The topological polar surface area (TPSA) is 68.5 Å². The van der Waals surface area contributed by atoms with Gasteiger partial charge in [0.2, 0.25) is 5.91 Å². The molecule has 3 aromatic carbocycles. The Labute approximate surface area is 193 Å². The molecule has 4 aromatic rings. The highest BCUT2D eigenvalue weighted by molar-refractivity contribution is 5.94. The van der Waals surface area contributed by atoms with Crippen LogP contribution >= 0.6 is 0 Å². The number of anilines is 1. The van der Waals surface area contributed by atoms with Crippen LogP contribution in [0.3, 0.4) is 0 Å². The summed E-state index contributed by atoms with van der Waals surface area (Å²) < 4.78 is 11.2. The molecule has 0 unspecified atom stereocenters. The molecule has 1 aromatic heterocycles. The van der Waals surface area contributed by atoms with E-state index in [2.05, 4.69) is 38.2 Å². The summed E-state index contributed by atoms with van der Waals surface area (Å²) in [5.74, 6) is 1.08. The Bertz CT molecular complexity index is 1340. The first-order valence-electron chi connectivity index (χ1n) is 10.8. The van der Waals surface area contributed by atoms with Crippen LogP contribution in [0.1, 0.15) is 31.9 Å². The summed E-state index contributed by atoms with van der Waals surface area (Å²) in [4.78, 5) is 25.2. The van der Waals surface area contributed by atoms with Gasteiger partial charge in [-0.3, -0.25) is 9.59 Å². The maximum atomic E-state index is 12.7. The zero-order chi connectivity index (χ0) is 23.6. The third kappa shape index (κ3) is 5.14. The van der Waals surface area contributed by atoms with Gasteiger partial charge in [-0.2, -0.15) is 0 Å². The summed E-state index contributed by atoms with van der Waals surface area (Å²) in [7, 11) is 1.60. The first-order chi connectivity index (χ1) is 15.7. The van der Waals surface area contributed by atoms with Crippen molar-refractivity contribution in [2.45, 2.75) is 32.6 Å². The Kier molecular flexibility index (Phi) is 6.05. The molecule has 0 aliphatic carbocycles. The Hall–Kier alpha value is -3.86. The number of hydrogen-bond acceptors (Lipinski definition) is 4. The Morgan fingerprint density at radius 1 is 0.939 bits per heavy atom. The van der Waals surface area contributed by atoms with E-state index in [1.54, 1.807) is 25.3 Å². The summed E-state index contributed by atoms with van der Waals surface area (Å²) in [6, 6.07) is 22.0. The molecule has 4 rings (SSSR count). The van der Waals surface area contributed by atoms with Gasteiger partial charge in [0.25, 0.3) is 0 Å². The van der Waals surface area contributed by atoms with Crippen molar-refractivity contribution in [3.05, 3.63) is 94.1 Å². The van der Waals surface area contributed by atoms with Gasteiger partial charge in [0.15, 0.2) is 5.43 Å². The molecular formula is C28H27NO4. The Morgan fingerprint density at radius 3 is 2.27 bits per heavy atom. The van der Waals surface area contributed by atoms with Crippen LogP contribution in [0.4, 0.5) is 5.69 Å². The quantitative estimate of drug-likeness (QED) is 0.416. The van der Waals surface area contributed by atoms with Crippen molar-refractivity contribution in [3.63, 3.8) is 0 Å². The van der Waals surface area contributed by atoms with Crippen molar-refractivity contribution in [3.8, 4) is 17.1 Å². The lowest BCUT2D eigenvalue weighted by Gasteiger charge is -2.19. The summed E-state index contributed by atoms with van der Waals surface area (Å²) in [5, 5.41) is 3.35. The van der Waals surface area contributed by atoms with E-state index in [1.165, 1.54) is 11.6 Å². The molecule has 0 atom stereocenters. The second kappa shape index (κ2) is 8.94. The fourth-order valence-corrected chi connectivity index (χ4v) is 3.64. The molecule has 0 aliphatic heterocycles. The molecule has 0 radical (unpaired) electrons. The molecule has 5 nitrogen and oxygen atoms in total. The minimum atomic E-state index is -0.157. The maximum Gasteiger partial charge on any atom is 0.228 e. The lowest BCUT2D eigenvalue weighted by atomic mass is 9.86. The van der Waals surface area contributed by atoms with Crippen LogP contribution in [0.2, 0.25) is 0 Å². The van der Waals surface area contributed by atoms with Crippen LogP contribution in [0.5, 0.6) is 5.75 Å². The molecule has 0 spiro atoms. The molecule has 0 saturated heterocycles. The van der Waals surface area contributed by atoms with Gasteiger partial charge < -0.3 is 14.5 Å². The molecule has 0 bridgehead atoms. The molecule has 0 fully saturated rings. The van der Waals surface area contributed by atoms with Gasteiger partial charge in [0.05, 0.1) is 18.9 Å². The first-order valence-corrected chi connectivity index (χ1v) is 10.8. The minimum Gasteiger partial charge on any atom is -0.497 e. The van der Waals surface area contributed by atoms with Gasteiger partial charge in [-0.25, -0.2) is 0 Å². The third-order valence-electron chi connectivity index (χ3n) is 5.57. The van der Waals surface area contributed by atoms with Crippen LogP contribution in [-0.4, -0.2) is 13.0 Å². The molecule has 1 amide bonds. The predicted molar refractivity (Wildman–Crippen MR) is 132 cm³/mol.